The third kappa shape index (κ3) is 3.60. The van der Waals surface area contributed by atoms with Gasteiger partial charge >= 0.3 is 0 Å². The van der Waals surface area contributed by atoms with Crippen LogP contribution in [0.1, 0.15) is 57.3 Å². The number of hydrogen-bond donors (Lipinski definition) is 3. The van der Waals surface area contributed by atoms with Crippen molar-refractivity contribution in [2.75, 3.05) is 23.7 Å². The number of aromatic nitrogens is 2. The zero-order valence-electron chi connectivity index (χ0n) is 13.0. The third-order valence-electron chi connectivity index (χ3n) is 3.85. The van der Waals surface area contributed by atoms with Crippen LogP contribution in [-0.4, -0.2) is 33.8 Å². The molecule has 0 amide bonds. The molecule has 1 aromatic heterocycles. The lowest BCUT2D eigenvalue weighted by Crippen LogP contribution is -2.33. The van der Waals surface area contributed by atoms with Crippen LogP contribution in [-0.2, 0) is 0 Å². The molecule has 1 aliphatic rings. The molecule has 1 fully saturated rings. The van der Waals surface area contributed by atoms with Crippen LogP contribution in [0, 0.1) is 6.92 Å². The van der Waals surface area contributed by atoms with Gasteiger partial charge in [0, 0.05) is 24.6 Å². The summed E-state index contributed by atoms with van der Waals surface area (Å²) in [6.45, 7) is 9.23. The lowest BCUT2D eigenvalue weighted by atomic mass is 10.0. The van der Waals surface area contributed by atoms with Gasteiger partial charge in [-0.15, -0.1) is 0 Å². The molecule has 5 heteroatoms. The lowest BCUT2D eigenvalue weighted by Gasteiger charge is -2.23. The van der Waals surface area contributed by atoms with Crippen LogP contribution in [0.5, 0.6) is 0 Å². The normalized spacial score (nSPS) is 17.6. The third-order valence-corrected chi connectivity index (χ3v) is 3.85. The minimum Gasteiger partial charge on any atom is -0.388 e. The van der Waals surface area contributed by atoms with E-state index in [2.05, 4.69) is 27.5 Å². The molecular weight excluding hydrogens is 252 g/mol. The molecule has 0 aliphatic heterocycles. The van der Waals surface area contributed by atoms with Gasteiger partial charge in [-0.1, -0.05) is 6.92 Å². The highest BCUT2D eigenvalue weighted by Gasteiger charge is 2.28. The fourth-order valence-corrected chi connectivity index (χ4v) is 1.97. The standard InChI is InChI=1S/C15H26N4O/c1-5-15(4,20)9-17-13-10(3)12(16-6-2)18-14(19-13)11-7-8-11/h11,20H,5-9H2,1-4H3,(H2,16,17,18,19). The summed E-state index contributed by atoms with van der Waals surface area (Å²) in [5.41, 5.74) is 0.304. The molecule has 0 aromatic carbocycles. The lowest BCUT2D eigenvalue weighted by molar-refractivity contribution is 0.0696. The SMILES string of the molecule is CCNc1nc(C2CC2)nc(NCC(C)(O)CC)c1C. The van der Waals surface area contributed by atoms with E-state index in [9.17, 15) is 5.11 Å². The maximum atomic E-state index is 10.1. The molecule has 1 aromatic rings. The summed E-state index contributed by atoms with van der Waals surface area (Å²) in [4.78, 5) is 9.27. The molecule has 3 N–H and O–H groups in total. The molecule has 1 aliphatic carbocycles. The molecule has 2 rings (SSSR count). The summed E-state index contributed by atoms with van der Waals surface area (Å²) in [6.07, 6.45) is 3.07. The first-order chi connectivity index (χ1) is 9.46. The van der Waals surface area contributed by atoms with Gasteiger partial charge in [0.15, 0.2) is 0 Å². The monoisotopic (exact) mass is 278 g/mol. The average molecular weight is 278 g/mol. The Labute approximate surface area is 121 Å². The van der Waals surface area contributed by atoms with Crippen LogP contribution in [0.3, 0.4) is 0 Å². The predicted molar refractivity (Wildman–Crippen MR) is 82.3 cm³/mol. The molecule has 1 saturated carbocycles. The van der Waals surface area contributed by atoms with Gasteiger partial charge in [-0.3, -0.25) is 0 Å². The highest BCUT2D eigenvalue weighted by atomic mass is 16.3. The molecule has 0 spiro atoms. The van der Waals surface area contributed by atoms with Crippen molar-refractivity contribution < 1.29 is 5.11 Å². The van der Waals surface area contributed by atoms with Crippen LogP contribution >= 0.6 is 0 Å². The highest BCUT2D eigenvalue weighted by molar-refractivity contribution is 5.57. The minimum atomic E-state index is -0.713. The molecule has 5 nitrogen and oxygen atoms in total. The van der Waals surface area contributed by atoms with E-state index in [1.54, 1.807) is 0 Å². The minimum absolute atomic E-state index is 0.497. The number of nitrogens with zero attached hydrogens (tertiary/aromatic N) is 2. The summed E-state index contributed by atoms with van der Waals surface area (Å²) in [5.74, 6) is 3.18. The molecule has 20 heavy (non-hydrogen) atoms. The van der Waals surface area contributed by atoms with E-state index in [0.717, 1.165) is 29.6 Å². The fourth-order valence-electron chi connectivity index (χ4n) is 1.97. The van der Waals surface area contributed by atoms with Crippen molar-refractivity contribution in [3.8, 4) is 0 Å². The summed E-state index contributed by atoms with van der Waals surface area (Å²) >= 11 is 0. The van der Waals surface area contributed by atoms with Gasteiger partial charge in [0.1, 0.15) is 17.5 Å². The maximum Gasteiger partial charge on any atom is 0.136 e. The Bertz CT molecular complexity index is 469. The Kier molecular flexibility index (Phi) is 4.48. The van der Waals surface area contributed by atoms with Gasteiger partial charge in [0.25, 0.3) is 0 Å². The van der Waals surface area contributed by atoms with E-state index >= 15 is 0 Å². The summed E-state index contributed by atoms with van der Waals surface area (Å²) < 4.78 is 0. The molecule has 0 bridgehead atoms. The van der Waals surface area contributed by atoms with Crippen LogP contribution in [0.25, 0.3) is 0 Å². The number of nitrogens with one attached hydrogen (secondary N) is 2. The molecule has 1 unspecified atom stereocenters. The molecule has 112 valence electrons. The van der Waals surface area contributed by atoms with E-state index in [1.807, 2.05) is 20.8 Å². The maximum absolute atomic E-state index is 10.1. The first kappa shape index (κ1) is 15.0. The summed E-state index contributed by atoms with van der Waals surface area (Å²) in [5, 5.41) is 16.7. The first-order valence-electron chi connectivity index (χ1n) is 7.55. The number of hydrogen-bond acceptors (Lipinski definition) is 5. The second-order valence-electron chi connectivity index (χ2n) is 5.91. The van der Waals surface area contributed by atoms with Gasteiger partial charge in [0.2, 0.25) is 0 Å². The molecular formula is C15H26N4O. The van der Waals surface area contributed by atoms with Crippen molar-refractivity contribution in [3.05, 3.63) is 11.4 Å². The summed E-state index contributed by atoms with van der Waals surface area (Å²) in [7, 11) is 0. The Balaban J connectivity index is 2.21. The van der Waals surface area contributed by atoms with Gasteiger partial charge in [-0.2, -0.15) is 0 Å². The zero-order chi connectivity index (χ0) is 14.8. The fraction of sp³-hybridized carbons (Fsp3) is 0.733. The first-order valence-corrected chi connectivity index (χ1v) is 7.55. The predicted octanol–water partition coefficient (Wildman–Crippen LogP) is 2.67. The molecule has 1 atom stereocenters. The van der Waals surface area contributed by atoms with Crippen LogP contribution in [0.4, 0.5) is 11.6 Å². The largest absolute Gasteiger partial charge is 0.388 e. The second-order valence-corrected chi connectivity index (χ2v) is 5.91. The number of aliphatic hydroxyl groups is 1. The Hall–Kier alpha value is -1.36. The van der Waals surface area contributed by atoms with Crippen molar-refractivity contribution in [2.24, 2.45) is 0 Å². The van der Waals surface area contributed by atoms with E-state index in [4.69, 9.17) is 0 Å². The highest BCUT2D eigenvalue weighted by Crippen LogP contribution is 2.39. The zero-order valence-corrected chi connectivity index (χ0v) is 13.0. The molecule has 0 saturated heterocycles. The van der Waals surface area contributed by atoms with Gasteiger partial charge in [-0.05, 0) is 40.0 Å². The van der Waals surface area contributed by atoms with Crippen LogP contribution < -0.4 is 10.6 Å². The number of rotatable bonds is 7. The molecule has 1 heterocycles. The average Bonchev–Trinajstić information content (AvgIpc) is 3.24. The van der Waals surface area contributed by atoms with Gasteiger partial charge in [-0.25, -0.2) is 9.97 Å². The van der Waals surface area contributed by atoms with Crippen molar-refractivity contribution in [2.45, 2.75) is 58.5 Å². The van der Waals surface area contributed by atoms with Crippen molar-refractivity contribution in [3.63, 3.8) is 0 Å². The van der Waals surface area contributed by atoms with Crippen LogP contribution in [0.15, 0.2) is 0 Å². The Morgan fingerprint density at radius 3 is 2.30 bits per heavy atom. The topological polar surface area (TPSA) is 70.1 Å². The van der Waals surface area contributed by atoms with Crippen molar-refractivity contribution in [1.29, 1.82) is 0 Å². The van der Waals surface area contributed by atoms with Gasteiger partial charge in [0.05, 0.1) is 5.60 Å². The van der Waals surface area contributed by atoms with Crippen molar-refractivity contribution in [1.82, 2.24) is 9.97 Å². The number of anilines is 2. The smallest absolute Gasteiger partial charge is 0.136 e. The van der Waals surface area contributed by atoms with E-state index < -0.39 is 5.60 Å². The van der Waals surface area contributed by atoms with E-state index in [-0.39, 0.29) is 0 Å². The van der Waals surface area contributed by atoms with Gasteiger partial charge < -0.3 is 15.7 Å². The Morgan fingerprint density at radius 2 is 1.80 bits per heavy atom. The molecule has 0 radical (unpaired) electrons. The van der Waals surface area contributed by atoms with E-state index in [0.29, 0.717) is 18.9 Å². The quantitative estimate of drug-likeness (QED) is 0.715. The van der Waals surface area contributed by atoms with Crippen molar-refractivity contribution >= 4 is 11.6 Å². The Morgan fingerprint density at radius 1 is 1.20 bits per heavy atom. The second kappa shape index (κ2) is 5.95. The summed E-state index contributed by atoms with van der Waals surface area (Å²) in [6, 6.07) is 0. The van der Waals surface area contributed by atoms with Crippen LogP contribution in [0.2, 0.25) is 0 Å². The van der Waals surface area contributed by atoms with E-state index in [1.165, 1.54) is 12.8 Å².